The van der Waals surface area contributed by atoms with Gasteiger partial charge in [0, 0.05) is 10.3 Å². The van der Waals surface area contributed by atoms with Crippen molar-refractivity contribution in [2.24, 2.45) is 0 Å². The molecule has 1 aliphatic rings. The van der Waals surface area contributed by atoms with Gasteiger partial charge in [-0.1, -0.05) is 55.8 Å². The lowest BCUT2D eigenvalue weighted by Gasteiger charge is -2.22. The maximum absolute atomic E-state index is 2.39. The van der Waals surface area contributed by atoms with E-state index < -0.39 is 0 Å². The first-order valence-electron chi connectivity index (χ1n) is 7.37. The molecule has 0 radical (unpaired) electrons. The van der Waals surface area contributed by atoms with Crippen LogP contribution in [-0.4, -0.2) is 0 Å². The molecule has 0 saturated heterocycles. The highest BCUT2D eigenvalue weighted by atomic mass is 32.1. The number of fused-ring (bicyclic) bond motifs is 3. The highest BCUT2D eigenvalue weighted by Gasteiger charge is 2.35. The summed E-state index contributed by atoms with van der Waals surface area (Å²) in [6, 6.07) is 18.1. The van der Waals surface area contributed by atoms with Crippen molar-refractivity contribution in [2.75, 3.05) is 0 Å². The molecule has 0 atom stereocenters. The molecule has 104 valence electrons. The third-order valence-electron chi connectivity index (χ3n) is 4.64. The molecule has 1 heterocycles. The second-order valence-corrected chi connectivity index (χ2v) is 7.36. The van der Waals surface area contributed by atoms with E-state index in [0.29, 0.717) is 0 Å². The summed E-state index contributed by atoms with van der Waals surface area (Å²) in [5, 5.41) is 2.14. The lowest BCUT2D eigenvalue weighted by molar-refractivity contribution is 0.660. The fraction of sp³-hybridized carbons (Fsp3) is 0.200. The van der Waals surface area contributed by atoms with Crippen molar-refractivity contribution in [3.05, 3.63) is 70.6 Å². The average molecular weight is 290 g/mol. The lowest BCUT2D eigenvalue weighted by Crippen LogP contribution is -2.15. The molecule has 0 bridgehead atoms. The summed E-state index contributed by atoms with van der Waals surface area (Å²) < 4.78 is 0. The van der Waals surface area contributed by atoms with Crippen LogP contribution in [0, 0.1) is 6.92 Å². The number of hydrogen-bond donors (Lipinski definition) is 0. The van der Waals surface area contributed by atoms with Crippen molar-refractivity contribution < 1.29 is 0 Å². The summed E-state index contributed by atoms with van der Waals surface area (Å²) in [6.45, 7) is 6.86. The first-order valence-corrected chi connectivity index (χ1v) is 8.25. The molecular weight excluding hydrogens is 272 g/mol. The molecule has 0 spiro atoms. The van der Waals surface area contributed by atoms with Gasteiger partial charge in [-0.15, -0.1) is 11.3 Å². The third-order valence-corrected chi connectivity index (χ3v) is 5.56. The fourth-order valence-electron chi connectivity index (χ4n) is 3.45. The zero-order valence-corrected chi connectivity index (χ0v) is 13.4. The molecule has 1 heteroatoms. The van der Waals surface area contributed by atoms with Gasteiger partial charge in [0.2, 0.25) is 0 Å². The second-order valence-electron chi connectivity index (χ2n) is 6.41. The Morgan fingerprint density at radius 3 is 2.29 bits per heavy atom. The zero-order chi connectivity index (χ0) is 14.6. The molecule has 0 unspecified atom stereocenters. The fourth-order valence-corrected chi connectivity index (χ4v) is 4.17. The maximum atomic E-state index is 2.39. The van der Waals surface area contributed by atoms with Crippen LogP contribution in [0.15, 0.2) is 53.9 Å². The van der Waals surface area contributed by atoms with Crippen LogP contribution in [0.1, 0.15) is 30.5 Å². The SMILES string of the molecule is Cc1ccc2c(c1)C(C)(C)c1cc(-c3cccs3)ccc1-2. The van der Waals surface area contributed by atoms with Crippen molar-refractivity contribution in [1.82, 2.24) is 0 Å². The Kier molecular flexibility index (Phi) is 2.64. The molecule has 0 fully saturated rings. The van der Waals surface area contributed by atoms with Crippen molar-refractivity contribution in [3.63, 3.8) is 0 Å². The predicted octanol–water partition coefficient (Wildman–Crippen LogP) is 6.03. The largest absolute Gasteiger partial charge is 0.144 e. The minimum Gasteiger partial charge on any atom is -0.144 e. The second kappa shape index (κ2) is 4.32. The minimum atomic E-state index is 0.0873. The zero-order valence-electron chi connectivity index (χ0n) is 12.6. The van der Waals surface area contributed by atoms with Gasteiger partial charge in [0.25, 0.3) is 0 Å². The van der Waals surface area contributed by atoms with E-state index in [-0.39, 0.29) is 5.41 Å². The lowest BCUT2D eigenvalue weighted by atomic mass is 9.81. The first kappa shape index (κ1) is 12.8. The van der Waals surface area contributed by atoms with Gasteiger partial charge in [-0.3, -0.25) is 0 Å². The van der Waals surface area contributed by atoms with E-state index in [1.54, 1.807) is 0 Å². The van der Waals surface area contributed by atoms with Gasteiger partial charge in [-0.05, 0) is 52.3 Å². The molecule has 3 aromatic rings. The molecule has 1 aromatic heterocycles. The highest BCUT2D eigenvalue weighted by Crippen LogP contribution is 2.49. The van der Waals surface area contributed by atoms with E-state index in [1.807, 2.05) is 11.3 Å². The number of thiophene rings is 1. The molecule has 0 N–H and O–H groups in total. The van der Waals surface area contributed by atoms with Crippen molar-refractivity contribution in [2.45, 2.75) is 26.2 Å². The van der Waals surface area contributed by atoms with E-state index in [0.717, 1.165) is 0 Å². The molecule has 21 heavy (non-hydrogen) atoms. The average Bonchev–Trinajstić information content (AvgIpc) is 3.06. The molecule has 0 amide bonds. The Morgan fingerprint density at radius 1 is 0.857 bits per heavy atom. The molecule has 2 aromatic carbocycles. The Labute approximate surface area is 130 Å². The number of rotatable bonds is 1. The van der Waals surface area contributed by atoms with Crippen molar-refractivity contribution in [1.29, 1.82) is 0 Å². The summed E-state index contributed by atoms with van der Waals surface area (Å²) in [5.74, 6) is 0. The molecular formula is C20H18S. The molecule has 4 rings (SSSR count). The van der Waals surface area contributed by atoms with Gasteiger partial charge in [0.05, 0.1) is 0 Å². The van der Waals surface area contributed by atoms with Crippen LogP contribution in [0.5, 0.6) is 0 Å². The Hall–Kier alpha value is -1.86. The van der Waals surface area contributed by atoms with E-state index in [1.165, 1.54) is 38.3 Å². The standard InChI is InChI=1S/C20H18S/c1-13-6-8-15-16-9-7-14(19-5-4-10-21-19)12-18(16)20(2,3)17(15)11-13/h4-12H,1-3H3. The van der Waals surface area contributed by atoms with Crippen LogP contribution in [0.3, 0.4) is 0 Å². The van der Waals surface area contributed by atoms with Gasteiger partial charge in [0.15, 0.2) is 0 Å². The summed E-state index contributed by atoms with van der Waals surface area (Å²) in [6.07, 6.45) is 0. The number of aryl methyl sites for hydroxylation is 1. The Morgan fingerprint density at radius 2 is 1.57 bits per heavy atom. The summed E-state index contributed by atoms with van der Waals surface area (Å²) in [5.41, 5.74) is 8.47. The van der Waals surface area contributed by atoms with Crippen LogP contribution < -0.4 is 0 Å². The van der Waals surface area contributed by atoms with Crippen LogP contribution >= 0.6 is 11.3 Å². The molecule has 0 saturated carbocycles. The molecule has 0 aliphatic heterocycles. The topological polar surface area (TPSA) is 0 Å². The first-order chi connectivity index (χ1) is 10.1. The number of benzene rings is 2. The van der Waals surface area contributed by atoms with Crippen LogP contribution in [-0.2, 0) is 5.41 Å². The van der Waals surface area contributed by atoms with Gasteiger partial charge in [-0.25, -0.2) is 0 Å². The summed E-state index contributed by atoms with van der Waals surface area (Å²) >= 11 is 1.81. The van der Waals surface area contributed by atoms with Gasteiger partial charge in [0.1, 0.15) is 0 Å². The van der Waals surface area contributed by atoms with Gasteiger partial charge >= 0.3 is 0 Å². The van der Waals surface area contributed by atoms with Crippen LogP contribution in [0.2, 0.25) is 0 Å². The summed E-state index contributed by atoms with van der Waals surface area (Å²) in [4.78, 5) is 1.35. The highest BCUT2D eigenvalue weighted by molar-refractivity contribution is 7.13. The monoisotopic (exact) mass is 290 g/mol. The van der Waals surface area contributed by atoms with Gasteiger partial charge < -0.3 is 0 Å². The van der Waals surface area contributed by atoms with Crippen LogP contribution in [0.4, 0.5) is 0 Å². The number of hydrogen-bond acceptors (Lipinski definition) is 1. The van der Waals surface area contributed by atoms with E-state index in [2.05, 4.69) is 74.7 Å². The van der Waals surface area contributed by atoms with Gasteiger partial charge in [-0.2, -0.15) is 0 Å². The predicted molar refractivity (Wildman–Crippen MR) is 92.1 cm³/mol. The third kappa shape index (κ3) is 1.81. The van der Waals surface area contributed by atoms with Crippen LogP contribution in [0.25, 0.3) is 21.6 Å². The summed E-state index contributed by atoms with van der Waals surface area (Å²) in [7, 11) is 0. The Bertz CT molecular complexity index is 823. The Balaban J connectivity index is 1.96. The smallest absolute Gasteiger partial charge is 0.0342 e. The minimum absolute atomic E-state index is 0.0873. The molecule has 0 nitrogen and oxygen atoms in total. The van der Waals surface area contributed by atoms with Crippen molar-refractivity contribution in [3.8, 4) is 21.6 Å². The van der Waals surface area contributed by atoms with E-state index in [4.69, 9.17) is 0 Å². The van der Waals surface area contributed by atoms with Crippen molar-refractivity contribution >= 4 is 11.3 Å². The quantitative estimate of drug-likeness (QED) is 0.513. The maximum Gasteiger partial charge on any atom is 0.0342 e. The van der Waals surface area contributed by atoms with E-state index in [9.17, 15) is 0 Å². The van der Waals surface area contributed by atoms with E-state index >= 15 is 0 Å². The molecule has 1 aliphatic carbocycles. The normalized spacial score (nSPS) is 14.8.